The number of hydrogen-bond donors (Lipinski definition) is 2. The Kier molecular flexibility index (Phi) is 4.53. The van der Waals surface area contributed by atoms with Crippen LogP contribution in [0.3, 0.4) is 0 Å². The first kappa shape index (κ1) is 15.8. The van der Waals surface area contributed by atoms with E-state index in [9.17, 15) is 13.2 Å². The predicted molar refractivity (Wildman–Crippen MR) is 81.3 cm³/mol. The van der Waals surface area contributed by atoms with Gasteiger partial charge in [-0.2, -0.15) is 0 Å². The molecule has 2 rings (SSSR count). The molecule has 1 aromatic rings. The summed E-state index contributed by atoms with van der Waals surface area (Å²) < 4.78 is 27.9. The molecule has 2 unspecified atom stereocenters. The van der Waals surface area contributed by atoms with Crippen LogP contribution in [0.5, 0.6) is 5.75 Å². The average molecular weight is 312 g/mol. The summed E-state index contributed by atoms with van der Waals surface area (Å²) in [6, 6.07) is 5.37. The molecule has 1 heterocycles. The summed E-state index contributed by atoms with van der Waals surface area (Å²) in [6.45, 7) is 3.82. The maximum absolute atomic E-state index is 11.3. The number of benzene rings is 1. The van der Waals surface area contributed by atoms with Gasteiger partial charge >= 0.3 is 0 Å². The summed E-state index contributed by atoms with van der Waals surface area (Å²) in [5.74, 6) is 0.558. The highest BCUT2D eigenvalue weighted by Gasteiger charge is 2.19. The second kappa shape index (κ2) is 6.03. The first-order valence-corrected chi connectivity index (χ1v) is 8.81. The van der Waals surface area contributed by atoms with Crippen molar-refractivity contribution in [2.75, 3.05) is 23.9 Å². The molecule has 2 N–H and O–H groups in total. The Bertz CT molecular complexity index is 642. The van der Waals surface area contributed by atoms with Gasteiger partial charge in [-0.3, -0.25) is 4.79 Å². The number of ether oxygens (including phenoxy) is 1. The van der Waals surface area contributed by atoms with E-state index in [1.54, 1.807) is 0 Å². The maximum atomic E-state index is 11.3. The Morgan fingerprint density at radius 2 is 2.10 bits per heavy atom. The fourth-order valence-corrected chi connectivity index (χ4v) is 3.40. The molecule has 0 aliphatic carbocycles. The molecule has 2 atom stereocenters. The molecule has 1 aromatic carbocycles. The molecule has 1 amide bonds. The molecule has 0 aromatic heterocycles. The molecule has 0 saturated heterocycles. The molecule has 7 heteroatoms. The van der Waals surface area contributed by atoms with E-state index in [4.69, 9.17) is 4.74 Å². The number of nitrogens with one attached hydrogen (secondary N) is 2. The van der Waals surface area contributed by atoms with Crippen LogP contribution in [0.25, 0.3) is 0 Å². The summed E-state index contributed by atoms with van der Waals surface area (Å²) in [4.78, 5) is 11.3. The van der Waals surface area contributed by atoms with Crippen molar-refractivity contribution in [2.45, 2.75) is 25.9 Å². The third kappa shape index (κ3) is 4.44. The molecule has 1 aliphatic rings. The highest BCUT2D eigenvalue weighted by molar-refractivity contribution is 7.90. The third-order valence-corrected chi connectivity index (χ3v) is 4.33. The van der Waals surface area contributed by atoms with Crippen LogP contribution in [0.4, 0.5) is 5.69 Å². The van der Waals surface area contributed by atoms with Crippen molar-refractivity contribution in [3.8, 4) is 5.75 Å². The zero-order valence-corrected chi connectivity index (χ0v) is 13.2. The quantitative estimate of drug-likeness (QED) is 0.850. The van der Waals surface area contributed by atoms with E-state index in [0.717, 1.165) is 5.56 Å². The first-order valence-electron chi connectivity index (χ1n) is 6.75. The summed E-state index contributed by atoms with van der Waals surface area (Å²) in [6.07, 6.45) is 1.22. The minimum absolute atomic E-state index is 0.0333. The van der Waals surface area contributed by atoms with Crippen LogP contribution >= 0.6 is 0 Å². The van der Waals surface area contributed by atoms with E-state index in [1.165, 1.54) is 6.26 Å². The number of carbonyl (C=O) groups excluding carboxylic acids is 1. The van der Waals surface area contributed by atoms with Crippen LogP contribution in [0.15, 0.2) is 18.2 Å². The van der Waals surface area contributed by atoms with Crippen LogP contribution < -0.4 is 15.4 Å². The fourth-order valence-electron chi connectivity index (χ4n) is 2.40. The second-order valence-electron chi connectivity index (χ2n) is 5.47. The number of anilines is 1. The minimum Gasteiger partial charge on any atom is -0.482 e. The first-order chi connectivity index (χ1) is 9.74. The molecule has 21 heavy (non-hydrogen) atoms. The standard InChI is InChI=1S/C14H20N2O4S/c1-9(8-21(3,18)19)15-10(2)11-4-5-13-12(6-11)16-14(17)7-20-13/h4-6,9-10,15H,7-8H2,1-3H3,(H,16,17). The van der Waals surface area contributed by atoms with Gasteiger partial charge in [0.15, 0.2) is 6.61 Å². The van der Waals surface area contributed by atoms with E-state index in [-0.39, 0.29) is 30.4 Å². The third-order valence-electron chi connectivity index (χ3n) is 3.22. The summed E-state index contributed by atoms with van der Waals surface area (Å²) in [5.41, 5.74) is 1.60. The second-order valence-corrected chi connectivity index (χ2v) is 7.66. The topological polar surface area (TPSA) is 84.5 Å². The van der Waals surface area contributed by atoms with Crippen molar-refractivity contribution in [2.24, 2.45) is 0 Å². The lowest BCUT2D eigenvalue weighted by Crippen LogP contribution is -2.34. The van der Waals surface area contributed by atoms with Gasteiger partial charge in [-0.25, -0.2) is 8.42 Å². The molecule has 1 aliphatic heterocycles. The Hall–Kier alpha value is -1.60. The summed E-state index contributed by atoms with van der Waals surface area (Å²) >= 11 is 0. The van der Waals surface area contributed by atoms with Gasteiger partial charge < -0.3 is 15.4 Å². The molecule has 0 bridgehead atoms. The number of rotatable bonds is 5. The molecular weight excluding hydrogens is 292 g/mol. The number of amides is 1. The molecule has 0 spiro atoms. The van der Waals surface area contributed by atoms with Crippen LogP contribution in [0.2, 0.25) is 0 Å². The zero-order chi connectivity index (χ0) is 15.6. The lowest BCUT2D eigenvalue weighted by Gasteiger charge is -2.23. The van der Waals surface area contributed by atoms with Crippen molar-refractivity contribution < 1.29 is 17.9 Å². The Balaban J connectivity index is 2.08. The lowest BCUT2D eigenvalue weighted by molar-refractivity contribution is -0.118. The molecule has 6 nitrogen and oxygen atoms in total. The Morgan fingerprint density at radius 1 is 1.38 bits per heavy atom. The van der Waals surface area contributed by atoms with Crippen molar-refractivity contribution in [1.29, 1.82) is 0 Å². The fraction of sp³-hybridized carbons (Fsp3) is 0.500. The maximum Gasteiger partial charge on any atom is 0.262 e. The van der Waals surface area contributed by atoms with Crippen molar-refractivity contribution in [3.63, 3.8) is 0 Å². The molecule has 0 fully saturated rings. The number of hydrogen-bond acceptors (Lipinski definition) is 5. The normalized spacial score (nSPS) is 17.4. The van der Waals surface area contributed by atoms with Gasteiger partial charge in [0.05, 0.1) is 11.4 Å². The lowest BCUT2D eigenvalue weighted by atomic mass is 10.1. The number of sulfone groups is 1. The van der Waals surface area contributed by atoms with Crippen LogP contribution in [-0.2, 0) is 14.6 Å². The Morgan fingerprint density at radius 3 is 2.76 bits per heavy atom. The van der Waals surface area contributed by atoms with Gasteiger partial charge in [0.1, 0.15) is 15.6 Å². The molecule has 0 radical (unpaired) electrons. The van der Waals surface area contributed by atoms with E-state index in [2.05, 4.69) is 10.6 Å². The van der Waals surface area contributed by atoms with E-state index < -0.39 is 9.84 Å². The predicted octanol–water partition coefficient (Wildman–Crippen LogP) is 1.10. The molecule has 0 saturated carbocycles. The van der Waals surface area contributed by atoms with Crippen molar-refractivity contribution in [3.05, 3.63) is 23.8 Å². The molecule has 116 valence electrons. The van der Waals surface area contributed by atoms with E-state index >= 15 is 0 Å². The van der Waals surface area contributed by atoms with E-state index in [1.807, 2.05) is 32.0 Å². The number of fused-ring (bicyclic) bond motifs is 1. The zero-order valence-electron chi connectivity index (χ0n) is 12.3. The van der Waals surface area contributed by atoms with Crippen LogP contribution in [-0.4, -0.2) is 39.0 Å². The summed E-state index contributed by atoms with van der Waals surface area (Å²) in [5, 5.41) is 6.00. The van der Waals surface area contributed by atoms with Gasteiger partial charge in [-0.15, -0.1) is 0 Å². The highest BCUT2D eigenvalue weighted by Crippen LogP contribution is 2.30. The van der Waals surface area contributed by atoms with Crippen molar-refractivity contribution in [1.82, 2.24) is 5.32 Å². The van der Waals surface area contributed by atoms with Gasteiger partial charge in [-0.05, 0) is 31.5 Å². The van der Waals surface area contributed by atoms with Gasteiger partial charge in [0.25, 0.3) is 5.91 Å². The smallest absolute Gasteiger partial charge is 0.262 e. The van der Waals surface area contributed by atoms with Crippen molar-refractivity contribution >= 4 is 21.4 Å². The van der Waals surface area contributed by atoms with Crippen LogP contribution in [0, 0.1) is 0 Å². The average Bonchev–Trinajstić information content (AvgIpc) is 2.35. The van der Waals surface area contributed by atoms with Gasteiger partial charge in [-0.1, -0.05) is 6.07 Å². The summed E-state index contributed by atoms with van der Waals surface area (Å²) in [7, 11) is -3.01. The van der Waals surface area contributed by atoms with E-state index in [0.29, 0.717) is 11.4 Å². The van der Waals surface area contributed by atoms with Gasteiger partial charge in [0.2, 0.25) is 0 Å². The van der Waals surface area contributed by atoms with Crippen LogP contribution in [0.1, 0.15) is 25.5 Å². The molecular formula is C14H20N2O4S. The van der Waals surface area contributed by atoms with Gasteiger partial charge in [0, 0.05) is 18.3 Å². The monoisotopic (exact) mass is 312 g/mol. The SMILES string of the molecule is CC(CS(C)(=O)=O)NC(C)c1ccc2c(c1)NC(=O)CO2. The largest absolute Gasteiger partial charge is 0.482 e. The highest BCUT2D eigenvalue weighted by atomic mass is 32.2. The Labute approximate surface area is 124 Å². The minimum atomic E-state index is -3.01. The number of carbonyl (C=O) groups is 1.